The molecule has 0 aliphatic carbocycles. The number of benzene rings is 1. The summed E-state index contributed by atoms with van der Waals surface area (Å²) in [6, 6.07) is 6.31. The molecule has 0 saturated carbocycles. The van der Waals surface area contributed by atoms with Crippen LogP contribution < -0.4 is 4.74 Å². The molecule has 2 saturated heterocycles. The second kappa shape index (κ2) is 8.37. The largest absolute Gasteiger partial charge is 0.496 e. The third kappa shape index (κ3) is 4.37. The van der Waals surface area contributed by atoms with Gasteiger partial charge in [-0.25, -0.2) is 0 Å². The molecular formula is C20H30N2O4. The molecular weight excluding hydrogens is 332 g/mol. The van der Waals surface area contributed by atoms with Crippen LogP contribution >= 0.6 is 0 Å². The summed E-state index contributed by atoms with van der Waals surface area (Å²) in [5.41, 5.74) is 2.23. The van der Waals surface area contributed by atoms with Crippen LogP contribution in [0.2, 0.25) is 0 Å². The van der Waals surface area contributed by atoms with Crippen molar-refractivity contribution in [2.45, 2.75) is 38.5 Å². The molecule has 6 nitrogen and oxygen atoms in total. The van der Waals surface area contributed by atoms with E-state index in [0.29, 0.717) is 6.61 Å². The first-order valence-electron chi connectivity index (χ1n) is 9.32. The zero-order chi connectivity index (χ0) is 18.6. The van der Waals surface area contributed by atoms with Crippen molar-refractivity contribution in [2.75, 3.05) is 47.0 Å². The van der Waals surface area contributed by atoms with Gasteiger partial charge < -0.3 is 19.1 Å². The first-order chi connectivity index (χ1) is 12.5. The lowest BCUT2D eigenvalue weighted by molar-refractivity contribution is -0.149. The van der Waals surface area contributed by atoms with Crippen LogP contribution in [0.3, 0.4) is 0 Å². The number of amides is 1. The highest BCUT2D eigenvalue weighted by atomic mass is 16.5. The third-order valence-electron chi connectivity index (χ3n) is 5.50. The zero-order valence-corrected chi connectivity index (χ0v) is 16.1. The van der Waals surface area contributed by atoms with Gasteiger partial charge in [-0.1, -0.05) is 6.07 Å². The average Bonchev–Trinajstić information content (AvgIpc) is 2.63. The molecule has 0 radical (unpaired) electrons. The topological polar surface area (TPSA) is 51.2 Å². The minimum atomic E-state index is -0.105. The van der Waals surface area contributed by atoms with Crippen LogP contribution in [-0.4, -0.2) is 68.3 Å². The van der Waals surface area contributed by atoms with Crippen molar-refractivity contribution in [3.8, 4) is 5.75 Å². The molecule has 0 aromatic heterocycles. The second-order valence-corrected chi connectivity index (χ2v) is 7.33. The molecule has 2 aliphatic heterocycles. The van der Waals surface area contributed by atoms with Crippen LogP contribution in [0.25, 0.3) is 0 Å². The van der Waals surface area contributed by atoms with Crippen LogP contribution in [0, 0.1) is 0 Å². The summed E-state index contributed by atoms with van der Waals surface area (Å²) in [6.07, 6.45) is 1.83. The number of likely N-dealkylation sites (tertiary alicyclic amines) is 1. The summed E-state index contributed by atoms with van der Waals surface area (Å²) < 4.78 is 16.9. The van der Waals surface area contributed by atoms with Gasteiger partial charge in [-0.2, -0.15) is 0 Å². The van der Waals surface area contributed by atoms with E-state index in [1.807, 2.05) is 11.0 Å². The van der Waals surface area contributed by atoms with E-state index in [1.165, 1.54) is 5.56 Å². The molecule has 2 heterocycles. The standard InChI is InChI=1S/C20H30N2O4/c1-16(23)22-8-6-20(7-9-22)15-21(10-11-26-20)13-17-4-5-19(25-3)18(12-17)14-24-2/h4-5,12H,6-11,13-15H2,1-3H3. The van der Waals surface area contributed by atoms with Crippen molar-refractivity contribution in [1.82, 2.24) is 9.80 Å². The van der Waals surface area contributed by atoms with Crippen LogP contribution in [0.4, 0.5) is 0 Å². The number of morpholine rings is 1. The highest BCUT2D eigenvalue weighted by Crippen LogP contribution is 2.31. The number of piperidine rings is 1. The van der Waals surface area contributed by atoms with Gasteiger partial charge in [0.1, 0.15) is 5.75 Å². The molecule has 1 spiro atoms. The van der Waals surface area contributed by atoms with Crippen molar-refractivity contribution >= 4 is 5.91 Å². The fourth-order valence-corrected chi connectivity index (χ4v) is 4.05. The fourth-order valence-electron chi connectivity index (χ4n) is 4.05. The summed E-state index contributed by atoms with van der Waals surface area (Å²) in [7, 11) is 3.39. The second-order valence-electron chi connectivity index (χ2n) is 7.33. The molecule has 1 aromatic rings. The van der Waals surface area contributed by atoms with E-state index < -0.39 is 0 Å². The molecule has 2 aliphatic rings. The Kier molecular flexibility index (Phi) is 6.16. The van der Waals surface area contributed by atoms with Gasteiger partial charge in [-0.15, -0.1) is 0 Å². The maximum Gasteiger partial charge on any atom is 0.219 e. The smallest absolute Gasteiger partial charge is 0.219 e. The van der Waals surface area contributed by atoms with Crippen molar-refractivity contribution < 1.29 is 19.0 Å². The molecule has 1 amide bonds. The lowest BCUT2D eigenvalue weighted by Gasteiger charge is -2.47. The first-order valence-corrected chi connectivity index (χ1v) is 9.32. The van der Waals surface area contributed by atoms with E-state index in [1.54, 1.807) is 21.1 Å². The normalized spacial score (nSPS) is 20.3. The predicted octanol–water partition coefficient (Wildman–Crippen LogP) is 2.05. The lowest BCUT2D eigenvalue weighted by Crippen LogP contribution is -2.57. The minimum Gasteiger partial charge on any atom is -0.496 e. The first kappa shape index (κ1) is 19.1. The van der Waals surface area contributed by atoms with Crippen LogP contribution in [0.1, 0.15) is 30.9 Å². The van der Waals surface area contributed by atoms with E-state index in [4.69, 9.17) is 14.2 Å². The highest BCUT2D eigenvalue weighted by Gasteiger charge is 2.40. The Labute approximate surface area is 156 Å². The molecule has 0 unspecified atom stereocenters. The van der Waals surface area contributed by atoms with Crippen molar-refractivity contribution in [2.24, 2.45) is 0 Å². The summed E-state index contributed by atoms with van der Waals surface area (Å²) >= 11 is 0. The molecule has 0 N–H and O–H groups in total. The Morgan fingerprint density at radius 1 is 1.23 bits per heavy atom. The molecule has 3 rings (SSSR count). The number of nitrogens with zero attached hydrogens (tertiary/aromatic N) is 2. The van der Waals surface area contributed by atoms with Gasteiger partial charge in [-0.3, -0.25) is 9.69 Å². The van der Waals surface area contributed by atoms with Gasteiger partial charge in [0, 0.05) is 52.3 Å². The summed E-state index contributed by atoms with van der Waals surface area (Å²) in [6.45, 7) is 7.28. The van der Waals surface area contributed by atoms with Crippen LogP contribution in [0.15, 0.2) is 18.2 Å². The van der Waals surface area contributed by atoms with Crippen molar-refractivity contribution in [3.05, 3.63) is 29.3 Å². The maximum atomic E-state index is 11.6. The van der Waals surface area contributed by atoms with E-state index in [2.05, 4.69) is 17.0 Å². The Hall–Kier alpha value is -1.63. The Morgan fingerprint density at radius 2 is 2.00 bits per heavy atom. The molecule has 2 fully saturated rings. The van der Waals surface area contributed by atoms with E-state index in [-0.39, 0.29) is 11.5 Å². The average molecular weight is 362 g/mol. The van der Waals surface area contributed by atoms with Crippen molar-refractivity contribution in [1.29, 1.82) is 0 Å². The van der Waals surface area contributed by atoms with Gasteiger partial charge in [0.05, 0.1) is 25.9 Å². The Bertz CT molecular complexity index is 626. The van der Waals surface area contributed by atoms with Crippen LogP contribution in [0.5, 0.6) is 5.75 Å². The molecule has 26 heavy (non-hydrogen) atoms. The molecule has 0 atom stereocenters. The van der Waals surface area contributed by atoms with E-state index >= 15 is 0 Å². The number of carbonyl (C=O) groups is 1. The van der Waals surface area contributed by atoms with Gasteiger partial charge in [0.25, 0.3) is 0 Å². The van der Waals surface area contributed by atoms with Crippen LogP contribution in [-0.2, 0) is 27.4 Å². The highest BCUT2D eigenvalue weighted by molar-refractivity contribution is 5.73. The number of ether oxygens (including phenoxy) is 3. The van der Waals surface area contributed by atoms with Gasteiger partial charge in [0.2, 0.25) is 5.91 Å². The Balaban J connectivity index is 1.64. The Morgan fingerprint density at radius 3 is 2.65 bits per heavy atom. The fraction of sp³-hybridized carbons (Fsp3) is 0.650. The molecule has 1 aromatic carbocycles. The summed E-state index contributed by atoms with van der Waals surface area (Å²) in [4.78, 5) is 16.0. The SMILES string of the molecule is COCc1cc(CN2CCOC3(CCN(C(C)=O)CC3)C2)ccc1OC. The lowest BCUT2D eigenvalue weighted by atomic mass is 9.89. The number of hydrogen-bond acceptors (Lipinski definition) is 5. The van der Waals surface area contributed by atoms with E-state index in [0.717, 1.165) is 63.5 Å². The number of carbonyl (C=O) groups excluding carboxylic acids is 1. The minimum absolute atomic E-state index is 0.105. The quantitative estimate of drug-likeness (QED) is 0.802. The molecule has 144 valence electrons. The predicted molar refractivity (Wildman–Crippen MR) is 99.2 cm³/mol. The number of hydrogen-bond donors (Lipinski definition) is 0. The van der Waals surface area contributed by atoms with Crippen molar-refractivity contribution in [3.63, 3.8) is 0 Å². The van der Waals surface area contributed by atoms with Gasteiger partial charge in [0.15, 0.2) is 0 Å². The third-order valence-corrected chi connectivity index (χ3v) is 5.50. The van der Waals surface area contributed by atoms with E-state index in [9.17, 15) is 4.79 Å². The van der Waals surface area contributed by atoms with Gasteiger partial charge in [-0.05, 0) is 30.5 Å². The molecule has 0 bridgehead atoms. The monoisotopic (exact) mass is 362 g/mol. The summed E-state index contributed by atoms with van der Waals surface area (Å²) in [5, 5.41) is 0. The maximum absolute atomic E-state index is 11.6. The molecule has 6 heteroatoms. The summed E-state index contributed by atoms with van der Waals surface area (Å²) in [5.74, 6) is 1.03. The number of rotatable bonds is 5. The van der Waals surface area contributed by atoms with Gasteiger partial charge >= 0.3 is 0 Å². The zero-order valence-electron chi connectivity index (χ0n) is 16.1. The number of methoxy groups -OCH3 is 2.